The molecule has 0 radical (unpaired) electrons. The summed E-state index contributed by atoms with van der Waals surface area (Å²) < 4.78 is 1.14. The van der Waals surface area contributed by atoms with Gasteiger partial charge in [-0.25, -0.2) is 0 Å². The lowest BCUT2D eigenvalue weighted by atomic mass is 9.81. The zero-order chi connectivity index (χ0) is 14.2. The second kappa shape index (κ2) is 5.16. The summed E-state index contributed by atoms with van der Waals surface area (Å²) in [5.41, 5.74) is 4.19. The minimum Gasteiger partial charge on any atom is -0.0830 e. The van der Waals surface area contributed by atoms with E-state index in [0.717, 1.165) is 10.9 Å². The van der Waals surface area contributed by atoms with Gasteiger partial charge in [0.25, 0.3) is 0 Å². The van der Waals surface area contributed by atoms with Crippen LogP contribution in [-0.4, -0.2) is 0 Å². The molecule has 3 aromatic carbocycles. The molecule has 1 aliphatic rings. The van der Waals surface area contributed by atoms with Crippen molar-refractivity contribution < 1.29 is 0 Å². The molecule has 0 aliphatic heterocycles. The molecule has 0 nitrogen and oxygen atoms in total. The summed E-state index contributed by atoms with van der Waals surface area (Å²) in [5, 5.41) is 2.64. The zero-order valence-electron chi connectivity index (χ0n) is 11.6. The number of halogens is 1. The Morgan fingerprint density at radius 2 is 1.57 bits per heavy atom. The van der Waals surface area contributed by atoms with Crippen LogP contribution in [0.15, 0.2) is 71.2 Å². The lowest BCUT2D eigenvalue weighted by Gasteiger charge is -2.23. The second-order valence-electron chi connectivity index (χ2n) is 5.57. The van der Waals surface area contributed by atoms with Crippen molar-refractivity contribution in [1.29, 1.82) is 0 Å². The first-order valence-corrected chi connectivity index (χ1v) is 8.05. The molecular weight excluding hydrogens is 320 g/mol. The largest absolute Gasteiger partial charge is 0.0830 e. The summed E-state index contributed by atoms with van der Waals surface area (Å²) in [4.78, 5) is 0. The lowest BCUT2D eigenvalue weighted by Crippen LogP contribution is -2.05. The SMILES string of the molecule is Brc1ccc(C2CC=Cc3cc4ccccc4cc32)cc1. The van der Waals surface area contributed by atoms with Gasteiger partial charge in [-0.3, -0.25) is 0 Å². The monoisotopic (exact) mass is 334 g/mol. The molecule has 1 heteroatoms. The number of benzene rings is 3. The average molecular weight is 335 g/mol. The molecule has 0 spiro atoms. The Labute approximate surface area is 133 Å². The van der Waals surface area contributed by atoms with Crippen LogP contribution in [0.25, 0.3) is 16.8 Å². The van der Waals surface area contributed by atoms with Gasteiger partial charge in [-0.2, -0.15) is 0 Å². The second-order valence-corrected chi connectivity index (χ2v) is 6.49. The predicted octanol–water partition coefficient (Wildman–Crippen LogP) is 6.15. The summed E-state index contributed by atoms with van der Waals surface area (Å²) in [6.07, 6.45) is 5.63. The van der Waals surface area contributed by atoms with E-state index < -0.39 is 0 Å². The van der Waals surface area contributed by atoms with Crippen molar-refractivity contribution in [2.45, 2.75) is 12.3 Å². The molecule has 0 saturated carbocycles. The minimum absolute atomic E-state index is 0.461. The van der Waals surface area contributed by atoms with E-state index in [1.54, 1.807) is 0 Å². The van der Waals surface area contributed by atoms with Crippen LogP contribution in [0.5, 0.6) is 0 Å². The Morgan fingerprint density at radius 3 is 2.33 bits per heavy atom. The van der Waals surface area contributed by atoms with Crippen LogP contribution >= 0.6 is 15.9 Å². The molecule has 1 unspecified atom stereocenters. The van der Waals surface area contributed by atoms with Crippen molar-refractivity contribution in [2.24, 2.45) is 0 Å². The fraction of sp³-hybridized carbons (Fsp3) is 0.100. The predicted molar refractivity (Wildman–Crippen MR) is 93.6 cm³/mol. The summed E-state index contributed by atoms with van der Waals surface area (Å²) in [6, 6.07) is 22.0. The first-order valence-electron chi connectivity index (χ1n) is 7.26. The Hall–Kier alpha value is -1.86. The average Bonchev–Trinajstić information content (AvgIpc) is 2.53. The van der Waals surface area contributed by atoms with Crippen molar-refractivity contribution >= 4 is 32.8 Å². The van der Waals surface area contributed by atoms with Gasteiger partial charge in [0, 0.05) is 10.4 Å². The maximum absolute atomic E-state index is 3.52. The van der Waals surface area contributed by atoms with E-state index in [-0.39, 0.29) is 0 Å². The standard InChI is InChI=1S/C20H15Br/c21-18-10-8-14(9-11-18)19-7-3-6-17-12-15-4-1-2-5-16(15)13-20(17)19/h1-6,8-13,19H,7H2. The molecule has 0 aromatic heterocycles. The third-order valence-corrected chi connectivity index (χ3v) is 4.80. The van der Waals surface area contributed by atoms with E-state index in [0.29, 0.717) is 5.92 Å². The van der Waals surface area contributed by atoms with Gasteiger partial charge in [-0.15, -0.1) is 0 Å². The van der Waals surface area contributed by atoms with Gasteiger partial charge in [0.2, 0.25) is 0 Å². The van der Waals surface area contributed by atoms with Crippen molar-refractivity contribution in [3.63, 3.8) is 0 Å². The molecule has 102 valence electrons. The summed E-state index contributed by atoms with van der Waals surface area (Å²) in [6.45, 7) is 0. The third kappa shape index (κ3) is 2.32. The summed E-state index contributed by atoms with van der Waals surface area (Å²) in [5.74, 6) is 0.461. The van der Waals surface area contributed by atoms with Crippen molar-refractivity contribution in [1.82, 2.24) is 0 Å². The van der Waals surface area contributed by atoms with Crippen molar-refractivity contribution in [3.8, 4) is 0 Å². The van der Waals surface area contributed by atoms with Gasteiger partial charge < -0.3 is 0 Å². The van der Waals surface area contributed by atoms with Gasteiger partial charge in [0.15, 0.2) is 0 Å². The molecule has 4 rings (SSSR count). The number of hydrogen-bond donors (Lipinski definition) is 0. The molecule has 0 heterocycles. The highest BCUT2D eigenvalue weighted by Gasteiger charge is 2.19. The van der Waals surface area contributed by atoms with Gasteiger partial charge >= 0.3 is 0 Å². The molecule has 21 heavy (non-hydrogen) atoms. The number of hydrogen-bond acceptors (Lipinski definition) is 0. The van der Waals surface area contributed by atoms with E-state index in [9.17, 15) is 0 Å². The minimum atomic E-state index is 0.461. The maximum Gasteiger partial charge on any atom is 0.0175 e. The van der Waals surface area contributed by atoms with E-state index in [1.807, 2.05) is 0 Å². The smallest absolute Gasteiger partial charge is 0.0175 e. The molecule has 0 saturated heterocycles. The van der Waals surface area contributed by atoms with Gasteiger partial charge in [-0.1, -0.05) is 64.5 Å². The topological polar surface area (TPSA) is 0 Å². The van der Waals surface area contributed by atoms with Crippen LogP contribution in [0.2, 0.25) is 0 Å². The van der Waals surface area contributed by atoms with Gasteiger partial charge in [-0.05, 0) is 58.1 Å². The van der Waals surface area contributed by atoms with Crippen LogP contribution < -0.4 is 0 Å². The van der Waals surface area contributed by atoms with Crippen LogP contribution in [0.3, 0.4) is 0 Å². The third-order valence-electron chi connectivity index (χ3n) is 4.27. The van der Waals surface area contributed by atoms with Gasteiger partial charge in [0.05, 0.1) is 0 Å². The van der Waals surface area contributed by atoms with E-state index in [1.165, 1.54) is 27.5 Å². The lowest BCUT2D eigenvalue weighted by molar-refractivity contribution is 0.821. The highest BCUT2D eigenvalue weighted by atomic mass is 79.9. The fourth-order valence-corrected chi connectivity index (χ4v) is 3.45. The van der Waals surface area contributed by atoms with Crippen LogP contribution in [0, 0.1) is 0 Å². The van der Waals surface area contributed by atoms with Crippen LogP contribution in [0.4, 0.5) is 0 Å². The molecule has 0 fully saturated rings. The zero-order valence-corrected chi connectivity index (χ0v) is 13.2. The fourth-order valence-electron chi connectivity index (χ4n) is 3.19. The molecule has 0 N–H and O–H groups in total. The van der Waals surface area contributed by atoms with E-state index in [2.05, 4.69) is 88.7 Å². The quantitative estimate of drug-likeness (QED) is 0.500. The van der Waals surface area contributed by atoms with Crippen LogP contribution in [-0.2, 0) is 0 Å². The Bertz CT molecular complexity index is 828. The molecule has 1 atom stereocenters. The Balaban J connectivity index is 1.88. The first kappa shape index (κ1) is 12.8. The van der Waals surface area contributed by atoms with Gasteiger partial charge in [0.1, 0.15) is 0 Å². The number of rotatable bonds is 1. The normalized spacial score (nSPS) is 16.9. The van der Waals surface area contributed by atoms with Crippen LogP contribution in [0.1, 0.15) is 29.0 Å². The van der Waals surface area contributed by atoms with Crippen molar-refractivity contribution in [2.75, 3.05) is 0 Å². The van der Waals surface area contributed by atoms with Crippen molar-refractivity contribution in [3.05, 3.63) is 87.9 Å². The Morgan fingerprint density at radius 1 is 0.857 bits per heavy atom. The molecule has 0 amide bonds. The van der Waals surface area contributed by atoms with E-state index >= 15 is 0 Å². The first-order chi connectivity index (χ1) is 10.3. The Kier molecular flexibility index (Phi) is 3.16. The number of fused-ring (bicyclic) bond motifs is 2. The number of allylic oxidation sites excluding steroid dienone is 1. The maximum atomic E-state index is 3.52. The molecule has 1 aliphatic carbocycles. The molecule has 0 bridgehead atoms. The van der Waals surface area contributed by atoms with E-state index in [4.69, 9.17) is 0 Å². The molecule has 3 aromatic rings. The summed E-state index contributed by atoms with van der Waals surface area (Å²) in [7, 11) is 0. The molecular formula is C20H15Br. The summed E-state index contributed by atoms with van der Waals surface area (Å²) >= 11 is 3.52. The highest BCUT2D eigenvalue weighted by molar-refractivity contribution is 9.10. The highest BCUT2D eigenvalue weighted by Crippen LogP contribution is 2.37.